The number of nitrogens with zero attached hydrogens (tertiary/aromatic N) is 2. The number of carbonyl (C=O) groups excluding carboxylic acids is 1. The van der Waals surface area contributed by atoms with Crippen LogP contribution in [0, 0.1) is 0 Å². The van der Waals surface area contributed by atoms with E-state index in [1.54, 1.807) is 0 Å². The van der Waals surface area contributed by atoms with Gasteiger partial charge in [-0.2, -0.15) is 0 Å². The third-order valence-electron chi connectivity index (χ3n) is 6.96. The van der Waals surface area contributed by atoms with Crippen LogP contribution >= 0.6 is 0 Å². The Labute approximate surface area is 173 Å². The van der Waals surface area contributed by atoms with Gasteiger partial charge >= 0.3 is 6.03 Å². The van der Waals surface area contributed by atoms with Gasteiger partial charge in [-0.25, -0.2) is 4.79 Å². The van der Waals surface area contributed by atoms with Crippen LogP contribution in [0.15, 0.2) is 12.1 Å². The maximum Gasteiger partial charge on any atom is 0.320 e. The van der Waals surface area contributed by atoms with E-state index in [-0.39, 0.29) is 29.6 Å². The van der Waals surface area contributed by atoms with Crippen molar-refractivity contribution in [2.75, 3.05) is 39.5 Å². The molecule has 158 valence electrons. The number of nitrogens with one attached hydrogen (secondary N) is 1. The molecule has 1 N–H and O–H groups in total. The lowest BCUT2D eigenvalue weighted by Crippen LogP contribution is -2.50. The van der Waals surface area contributed by atoms with E-state index in [9.17, 15) is 4.79 Å². The molecular weight excluding hydrogens is 366 g/mol. The van der Waals surface area contributed by atoms with Crippen molar-refractivity contribution < 1.29 is 14.3 Å². The summed E-state index contributed by atoms with van der Waals surface area (Å²) in [5.41, 5.74) is 5.50. The van der Waals surface area contributed by atoms with Crippen molar-refractivity contribution in [3.8, 4) is 0 Å². The Kier molecular flexibility index (Phi) is 4.84. The van der Waals surface area contributed by atoms with Crippen LogP contribution in [0.3, 0.4) is 0 Å². The van der Waals surface area contributed by atoms with Crippen LogP contribution in [-0.2, 0) is 27.9 Å². The van der Waals surface area contributed by atoms with Gasteiger partial charge in [0.2, 0.25) is 0 Å². The number of benzene rings is 1. The first-order valence-electron chi connectivity index (χ1n) is 11.0. The molecule has 4 heterocycles. The number of urea groups is 1. The van der Waals surface area contributed by atoms with Crippen LogP contribution in [0.4, 0.5) is 4.79 Å². The number of carbonyl (C=O) groups is 1. The summed E-state index contributed by atoms with van der Waals surface area (Å²) >= 11 is 0. The smallest absolute Gasteiger partial charge is 0.320 e. The first-order chi connectivity index (χ1) is 13.9. The standard InChI is InChI=1S/C23H33N3O3/c1-23(2,3)16-8-15-4-6-25(22(27)26-11-18-10-17(26)13-29-18)12-20(15)19(9-16)21-14-28-7-5-24-21/h8-9,17-18,21,24H,4-7,10-14H2,1-3H3/t17-,18-,21-/m0/s1. The summed E-state index contributed by atoms with van der Waals surface area (Å²) in [6.07, 6.45) is 2.17. The van der Waals surface area contributed by atoms with Gasteiger partial charge in [0.1, 0.15) is 0 Å². The summed E-state index contributed by atoms with van der Waals surface area (Å²) in [6, 6.07) is 5.38. The number of likely N-dealkylation sites (tertiary alicyclic amines) is 1. The highest BCUT2D eigenvalue weighted by Crippen LogP contribution is 2.35. The summed E-state index contributed by atoms with van der Waals surface area (Å²) in [6.45, 7) is 12.1. The molecule has 0 radical (unpaired) electrons. The zero-order valence-corrected chi connectivity index (χ0v) is 17.9. The van der Waals surface area contributed by atoms with Crippen LogP contribution < -0.4 is 5.32 Å². The van der Waals surface area contributed by atoms with Gasteiger partial charge < -0.3 is 24.6 Å². The van der Waals surface area contributed by atoms with Crippen LogP contribution in [0.25, 0.3) is 0 Å². The van der Waals surface area contributed by atoms with E-state index in [0.717, 1.165) is 39.1 Å². The number of amides is 2. The molecule has 0 aromatic heterocycles. The van der Waals surface area contributed by atoms with Gasteiger partial charge in [-0.3, -0.25) is 0 Å². The van der Waals surface area contributed by atoms with Crippen LogP contribution in [0.1, 0.15) is 55.5 Å². The molecule has 0 saturated carbocycles. The zero-order chi connectivity index (χ0) is 20.2. The van der Waals surface area contributed by atoms with Gasteiger partial charge in [-0.1, -0.05) is 32.9 Å². The second-order valence-corrected chi connectivity index (χ2v) is 9.99. The summed E-state index contributed by atoms with van der Waals surface area (Å²) in [5, 5.41) is 3.63. The maximum absolute atomic E-state index is 13.3. The number of rotatable bonds is 1. The number of fused-ring (bicyclic) bond motifs is 3. The fourth-order valence-corrected chi connectivity index (χ4v) is 5.19. The fourth-order valence-electron chi connectivity index (χ4n) is 5.19. The Balaban J connectivity index is 1.44. The molecule has 1 aromatic rings. The second-order valence-electron chi connectivity index (χ2n) is 9.99. The molecule has 2 amide bonds. The molecule has 29 heavy (non-hydrogen) atoms. The van der Waals surface area contributed by atoms with E-state index in [2.05, 4.69) is 38.2 Å². The normalized spacial score (nSPS) is 29.3. The van der Waals surface area contributed by atoms with Crippen molar-refractivity contribution in [2.24, 2.45) is 0 Å². The molecule has 0 aliphatic carbocycles. The van der Waals surface area contributed by atoms with Gasteiger partial charge in [0.25, 0.3) is 0 Å². The van der Waals surface area contributed by atoms with Crippen molar-refractivity contribution in [2.45, 2.75) is 63.8 Å². The molecule has 4 aliphatic rings. The highest BCUT2D eigenvalue weighted by molar-refractivity contribution is 5.76. The average molecular weight is 400 g/mol. The number of hydrogen-bond donors (Lipinski definition) is 1. The largest absolute Gasteiger partial charge is 0.378 e. The van der Waals surface area contributed by atoms with Crippen molar-refractivity contribution in [1.29, 1.82) is 0 Å². The Bertz CT molecular complexity index is 797. The summed E-state index contributed by atoms with van der Waals surface area (Å²) in [7, 11) is 0. The molecule has 6 heteroatoms. The molecular formula is C23H33N3O3. The number of morpholine rings is 2. The molecule has 2 bridgehead atoms. The quantitative estimate of drug-likeness (QED) is 0.789. The molecule has 0 spiro atoms. The number of hydrogen-bond acceptors (Lipinski definition) is 4. The number of ether oxygens (including phenoxy) is 2. The molecule has 1 aromatic carbocycles. The molecule has 0 unspecified atom stereocenters. The minimum Gasteiger partial charge on any atom is -0.378 e. The van der Waals surface area contributed by atoms with E-state index in [1.807, 2.05) is 9.80 Å². The Morgan fingerprint density at radius 3 is 2.76 bits per heavy atom. The molecule has 3 saturated heterocycles. The zero-order valence-electron chi connectivity index (χ0n) is 17.9. The minimum atomic E-state index is 0.0983. The van der Waals surface area contributed by atoms with E-state index < -0.39 is 0 Å². The van der Waals surface area contributed by atoms with E-state index in [1.165, 1.54) is 22.3 Å². The van der Waals surface area contributed by atoms with E-state index in [4.69, 9.17) is 9.47 Å². The predicted octanol–water partition coefficient (Wildman–Crippen LogP) is 2.60. The third kappa shape index (κ3) is 3.56. The first kappa shape index (κ1) is 19.3. The summed E-state index contributed by atoms with van der Waals surface area (Å²) < 4.78 is 11.5. The molecule has 3 atom stereocenters. The van der Waals surface area contributed by atoms with Gasteiger partial charge in [0.15, 0.2) is 0 Å². The van der Waals surface area contributed by atoms with Crippen LogP contribution in [0.5, 0.6) is 0 Å². The summed E-state index contributed by atoms with van der Waals surface area (Å²) in [5.74, 6) is 0. The fraction of sp³-hybridized carbons (Fsp3) is 0.696. The average Bonchev–Trinajstić information content (AvgIpc) is 3.35. The third-order valence-corrected chi connectivity index (χ3v) is 6.96. The minimum absolute atomic E-state index is 0.0983. The molecule has 5 rings (SSSR count). The summed E-state index contributed by atoms with van der Waals surface area (Å²) in [4.78, 5) is 17.4. The topological polar surface area (TPSA) is 54.0 Å². The van der Waals surface area contributed by atoms with E-state index in [0.29, 0.717) is 19.8 Å². The maximum atomic E-state index is 13.3. The molecule has 4 aliphatic heterocycles. The molecule has 3 fully saturated rings. The van der Waals surface area contributed by atoms with E-state index >= 15 is 0 Å². The van der Waals surface area contributed by atoms with Gasteiger partial charge in [0.05, 0.1) is 38.0 Å². The van der Waals surface area contributed by atoms with Crippen LogP contribution in [0.2, 0.25) is 0 Å². The van der Waals surface area contributed by atoms with Gasteiger partial charge in [-0.05, 0) is 40.5 Å². The van der Waals surface area contributed by atoms with Gasteiger partial charge in [0, 0.05) is 26.2 Å². The first-order valence-corrected chi connectivity index (χ1v) is 11.0. The highest BCUT2D eigenvalue weighted by atomic mass is 16.5. The lowest BCUT2D eigenvalue weighted by Gasteiger charge is -2.38. The van der Waals surface area contributed by atoms with Crippen molar-refractivity contribution in [3.05, 3.63) is 34.4 Å². The lowest BCUT2D eigenvalue weighted by atomic mass is 9.80. The van der Waals surface area contributed by atoms with Gasteiger partial charge in [-0.15, -0.1) is 0 Å². The van der Waals surface area contributed by atoms with Crippen LogP contribution in [-0.4, -0.2) is 67.4 Å². The predicted molar refractivity (Wildman–Crippen MR) is 111 cm³/mol. The highest BCUT2D eigenvalue weighted by Gasteiger charge is 2.43. The monoisotopic (exact) mass is 399 g/mol. The molecule has 6 nitrogen and oxygen atoms in total. The Morgan fingerprint density at radius 2 is 2.10 bits per heavy atom. The second kappa shape index (κ2) is 7.25. The Hall–Kier alpha value is -1.63. The van der Waals surface area contributed by atoms with Crippen molar-refractivity contribution >= 4 is 6.03 Å². The lowest BCUT2D eigenvalue weighted by molar-refractivity contribution is 0.0352. The Morgan fingerprint density at radius 1 is 1.24 bits per heavy atom. The SMILES string of the molecule is CC(C)(C)c1cc2c(c([C@@H]3COCCN3)c1)CN(C(=O)N1C[C@@H]3C[C@H]1CO3)CC2. The van der Waals surface area contributed by atoms with Crippen molar-refractivity contribution in [1.82, 2.24) is 15.1 Å². The van der Waals surface area contributed by atoms with Crippen molar-refractivity contribution in [3.63, 3.8) is 0 Å².